The number of anilines is 1. The van der Waals surface area contributed by atoms with Crippen LogP contribution in [-0.2, 0) is 27.9 Å². The first-order chi connectivity index (χ1) is 17.4. The summed E-state index contributed by atoms with van der Waals surface area (Å²) in [5, 5.41) is 2.95. The summed E-state index contributed by atoms with van der Waals surface area (Å²) in [5.41, 5.74) is 3.58. The number of ether oxygens (including phenoxy) is 1. The van der Waals surface area contributed by atoms with Crippen LogP contribution >= 0.6 is 0 Å². The Hall–Kier alpha value is -3.36. The molecule has 1 amide bonds. The number of aryl methyl sites for hydroxylation is 1. The van der Waals surface area contributed by atoms with Crippen molar-refractivity contribution in [2.75, 3.05) is 23.9 Å². The first-order valence-corrected chi connectivity index (χ1v) is 13.8. The van der Waals surface area contributed by atoms with Crippen molar-refractivity contribution in [2.45, 2.75) is 43.9 Å². The van der Waals surface area contributed by atoms with Gasteiger partial charge >= 0.3 is 0 Å². The number of likely N-dealkylation sites (tertiary alicyclic amines) is 1. The van der Waals surface area contributed by atoms with Gasteiger partial charge in [0.05, 0.1) is 17.1 Å². The van der Waals surface area contributed by atoms with Crippen LogP contribution in [0.2, 0.25) is 0 Å². The third-order valence-electron chi connectivity index (χ3n) is 6.67. The summed E-state index contributed by atoms with van der Waals surface area (Å²) in [4.78, 5) is 15.8. The summed E-state index contributed by atoms with van der Waals surface area (Å²) >= 11 is 0. The molecule has 2 heterocycles. The highest BCUT2D eigenvalue weighted by molar-refractivity contribution is 7.92. The number of amides is 1. The van der Waals surface area contributed by atoms with Gasteiger partial charge in [0, 0.05) is 13.1 Å². The summed E-state index contributed by atoms with van der Waals surface area (Å²) in [6.45, 7) is 5.31. The van der Waals surface area contributed by atoms with Gasteiger partial charge in [0.2, 0.25) is 0 Å². The van der Waals surface area contributed by atoms with Crippen LogP contribution in [0, 0.1) is 6.92 Å². The van der Waals surface area contributed by atoms with Crippen LogP contribution in [0.1, 0.15) is 29.5 Å². The number of fused-ring (bicyclic) bond motifs is 1. The average molecular weight is 506 g/mol. The summed E-state index contributed by atoms with van der Waals surface area (Å²) in [6.07, 6.45) is 1.53. The Bertz CT molecular complexity index is 1340. The zero-order chi connectivity index (χ0) is 25.1. The molecule has 1 N–H and O–H groups in total. The molecule has 5 rings (SSSR count). The van der Waals surface area contributed by atoms with E-state index in [4.69, 9.17) is 4.74 Å². The molecular formula is C28H31N3O4S. The maximum absolute atomic E-state index is 13.5. The molecule has 8 heteroatoms. The van der Waals surface area contributed by atoms with Crippen molar-refractivity contribution < 1.29 is 17.9 Å². The fourth-order valence-corrected chi connectivity index (χ4v) is 6.28. The minimum Gasteiger partial charge on any atom is -0.476 e. The van der Waals surface area contributed by atoms with Crippen LogP contribution in [-0.4, -0.2) is 45.0 Å². The summed E-state index contributed by atoms with van der Waals surface area (Å²) in [7, 11) is -3.87. The molecule has 0 spiro atoms. The van der Waals surface area contributed by atoms with Gasteiger partial charge in [-0.2, -0.15) is 0 Å². The van der Waals surface area contributed by atoms with Crippen molar-refractivity contribution in [3.8, 4) is 5.75 Å². The third kappa shape index (κ3) is 5.24. The average Bonchev–Trinajstić information content (AvgIpc) is 3.40. The predicted octanol–water partition coefficient (Wildman–Crippen LogP) is 3.86. The zero-order valence-corrected chi connectivity index (χ0v) is 21.2. The van der Waals surface area contributed by atoms with Gasteiger partial charge in [-0.1, -0.05) is 48.5 Å². The van der Waals surface area contributed by atoms with E-state index in [1.165, 1.54) is 22.7 Å². The maximum Gasteiger partial charge on any atom is 0.264 e. The molecule has 1 atom stereocenters. The lowest BCUT2D eigenvalue weighted by molar-refractivity contribution is -0.127. The van der Waals surface area contributed by atoms with E-state index in [0.29, 0.717) is 18.0 Å². The molecule has 1 fully saturated rings. The number of carbonyl (C=O) groups excluding carboxylic acids is 1. The predicted molar refractivity (Wildman–Crippen MR) is 139 cm³/mol. The SMILES string of the molecule is Cc1ccc2c(c1)O[C@H](C(=O)NCc1cccc(CN3CCCC3)c1)CN2S(=O)(=O)c1ccccc1. The lowest BCUT2D eigenvalue weighted by Gasteiger charge is -2.35. The summed E-state index contributed by atoms with van der Waals surface area (Å²) < 4.78 is 34.3. The summed E-state index contributed by atoms with van der Waals surface area (Å²) in [5.74, 6) is 0.0360. The second-order valence-corrected chi connectivity index (χ2v) is 11.3. The number of nitrogens with zero attached hydrogens (tertiary/aromatic N) is 2. The van der Waals surface area contributed by atoms with E-state index in [1.54, 1.807) is 42.5 Å². The monoisotopic (exact) mass is 505 g/mol. The van der Waals surface area contributed by atoms with E-state index < -0.39 is 16.1 Å². The second-order valence-electron chi connectivity index (χ2n) is 9.45. The van der Waals surface area contributed by atoms with E-state index in [0.717, 1.165) is 30.8 Å². The molecule has 2 aliphatic rings. The molecule has 0 aliphatic carbocycles. The van der Waals surface area contributed by atoms with Gasteiger partial charge in [-0.15, -0.1) is 0 Å². The van der Waals surface area contributed by atoms with Gasteiger partial charge in [0.25, 0.3) is 15.9 Å². The van der Waals surface area contributed by atoms with Crippen LogP contribution in [0.4, 0.5) is 5.69 Å². The third-order valence-corrected chi connectivity index (χ3v) is 8.47. The van der Waals surface area contributed by atoms with Crippen molar-refractivity contribution in [3.05, 3.63) is 89.5 Å². The molecule has 0 unspecified atom stereocenters. The van der Waals surface area contributed by atoms with Crippen LogP contribution in [0.25, 0.3) is 0 Å². The smallest absolute Gasteiger partial charge is 0.264 e. The fourth-order valence-electron chi connectivity index (χ4n) is 4.78. The molecule has 3 aromatic carbocycles. The molecule has 0 aromatic heterocycles. The minimum atomic E-state index is -3.87. The number of hydrogen-bond acceptors (Lipinski definition) is 5. The molecule has 188 valence electrons. The van der Waals surface area contributed by atoms with Gasteiger partial charge in [-0.25, -0.2) is 8.42 Å². The van der Waals surface area contributed by atoms with E-state index in [1.807, 2.05) is 25.1 Å². The Morgan fingerprint density at radius 3 is 2.50 bits per heavy atom. The molecule has 0 bridgehead atoms. The van der Waals surface area contributed by atoms with E-state index >= 15 is 0 Å². The van der Waals surface area contributed by atoms with Gasteiger partial charge in [0.1, 0.15) is 5.75 Å². The lowest BCUT2D eigenvalue weighted by Crippen LogP contribution is -2.50. The van der Waals surface area contributed by atoms with E-state index in [2.05, 4.69) is 22.3 Å². The van der Waals surface area contributed by atoms with Crippen LogP contribution in [0.15, 0.2) is 77.7 Å². The van der Waals surface area contributed by atoms with Gasteiger partial charge in [-0.3, -0.25) is 14.0 Å². The van der Waals surface area contributed by atoms with Crippen LogP contribution < -0.4 is 14.4 Å². The largest absolute Gasteiger partial charge is 0.476 e. The van der Waals surface area contributed by atoms with Gasteiger partial charge in [-0.05, 0) is 73.8 Å². The second kappa shape index (κ2) is 10.3. The molecular weight excluding hydrogens is 474 g/mol. The molecule has 7 nitrogen and oxygen atoms in total. The number of hydrogen-bond donors (Lipinski definition) is 1. The first kappa shape index (κ1) is 24.3. The standard InChI is InChI=1S/C28H31N3O4S/c1-21-12-13-25-26(16-21)35-27(20-31(25)36(33,34)24-10-3-2-4-11-24)28(32)29-18-22-8-7-9-23(17-22)19-30-14-5-6-15-30/h2-4,7-13,16-17,27H,5-6,14-15,18-20H2,1H3,(H,29,32)/t27-/m0/s1. The minimum absolute atomic E-state index is 0.103. The maximum atomic E-state index is 13.5. The highest BCUT2D eigenvalue weighted by Crippen LogP contribution is 2.37. The van der Waals surface area contributed by atoms with Crippen LogP contribution in [0.3, 0.4) is 0 Å². The fraction of sp³-hybridized carbons (Fsp3) is 0.321. The molecule has 0 radical (unpaired) electrons. The zero-order valence-electron chi connectivity index (χ0n) is 20.4. The van der Waals surface area contributed by atoms with Crippen molar-refractivity contribution in [2.24, 2.45) is 0 Å². The highest BCUT2D eigenvalue weighted by atomic mass is 32.2. The quantitative estimate of drug-likeness (QED) is 0.528. The summed E-state index contributed by atoms with van der Waals surface area (Å²) in [6, 6.07) is 21.8. The van der Waals surface area contributed by atoms with Crippen molar-refractivity contribution in [3.63, 3.8) is 0 Å². The topological polar surface area (TPSA) is 79.0 Å². The van der Waals surface area contributed by atoms with E-state index in [-0.39, 0.29) is 17.3 Å². The lowest BCUT2D eigenvalue weighted by atomic mass is 10.1. The number of nitrogens with one attached hydrogen (secondary N) is 1. The number of carbonyl (C=O) groups is 1. The van der Waals surface area contributed by atoms with Crippen molar-refractivity contribution in [1.82, 2.24) is 10.2 Å². The van der Waals surface area contributed by atoms with Crippen LogP contribution in [0.5, 0.6) is 5.75 Å². The van der Waals surface area contributed by atoms with Gasteiger partial charge in [0.15, 0.2) is 6.10 Å². The Balaban J connectivity index is 1.32. The Kier molecular flexibility index (Phi) is 6.98. The van der Waals surface area contributed by atoms with Crippen molar-refractivity contribution in [1.29, 1.82) is 0 Å². The Labute approximate surface area is 212 Å². The number of benzene rings is 3. The van der Waals surface area contributed by atoms with E-state index in [9.17, 15) is 13.2 Å². The molecule has 0 saturated carbocycles. The molecule has 3 aromatic rings. The Morgan fingerprint density at radius 2 is 1.72 bits per heavy atom. The Morgan fingerprint density at radius 1 is 0.972 bits per heavy atom. The highest BCUT2D eigenvalue weighted by Gasteiger charge is 2.37. The molecule has 36 heavy (non-hydrogen) atoms. The number of sulfonamides is 1. The van der Waals surface area contributed by atoms with Crippen molar-refractivity contribution >= 4 is 21.6 Å². The first-order valence-electron chi connectivity index (χ1n) is 12.3. The molecule has 1 saturated heterocycles. The normalized spacial score (nSPS) is 17.9. The number of rotatable bonds is 7. The molecule has 2 aliphatic heterocycles. The van der Waals surface area contributed by atoms with Gasteiger partial charge < -0.3 is 10.1 Å².